The molecule has 1 aliphatic carbocycles. The molecule has 6 N–H and O–H groups in total. The van der Waals surface area contributed by atoms with E-state index in [9.17, 15) is 34.5 Å². The number of ether oxygens (including phenoxy) is 4. The van der Waals surface area contributed by atoms with Crippen molar-refractivity contribution in [2.45, 2.75) is 186 Å². The summed E-state index contributed by atoms with van der Waals surface area (Å²) in [7, 11) is 3.01. The zero-order valence-electron chi connectivity index (χ0n) is 42.8. The number of anilines is 1. The Morgan fingerprint density at radius 3 is 2.39 bits per heavy atom. The monoisotopic (exact) mass is 996 g/mol. The number of hydrogen-bond acceptors (Lipinski definition) is 13. The Kier molecular flexibility index (Phi) is 21.9. The summed E-state index contributed by atoms with van der Waals surface area (Å²) in [4.78, 5) is 58.4. The first-order valence-corrected chi connectivity index (χ1v) is 26.0. The molecule has 5 rings (SSSR count). The van der Waals surface area contributed by atoms with E-state index in [2.05, 4.69) is 5.32 Å². The van der Waals surface area contributed by atoms with Gasteiger partial charge in [-0.3, -0.25) is 14.4 Å². The van der Waals surface area contributed by atoms with E-state index in [1.165, 1.54) is 12.0 Å². The molecule has 3 aliphatic heterocycles. The minimum Gasteiger partial charge on any atom is -0.461 e. The van der Waals surface area contributed by atoms with Crippen molar-refractivity contribution in [1.82, 2.24) is 4.90 Å². The highest BCUT2D eigenvalue weighted by Crippen LogP contribution is 2.38. The van der Waals surface area contributed by atoms with Crippen LogP contribution in [0.15, 0.2) is 71.9 Å². The van der Waals surface area contributed by atoms with E-state index in [1.807, 2.05) is 76.3 Å². The molecule has 15 heteroatoms. The number of benzene rings is 1. The van der Waals surface area contributed by atoms with E-state index in [0.717, 1.165) is 17.7 Å². The number of nitrogens with zero attached hydrogens (tertiary/aromatic N) is 1. The Hall–Kier alpha value is -3.73. The number of Topliss-reactive ketones (excluding diaryl/α,β-unsaturated/α-hetero) is 2. The average molecular weight is 997 g/mol. The lowest BCUT2D eigenvalue weighted by molar-refractivity contribution is -0.263. The van der Waals surface area contributed by atoms with E-state index in [4.69, 9.17) is 36.3 Å². The van der Waals surface area contributed by atoms with Crippen molar-refractivity contribution < 1.29 is 53.4 Å². The topological polar surface area (TPSA) is 207 Å². The number of amides is 1. The summed E-state index contributed by atoms with van der Waals surface area (Å²) in [6, 6.07) is 5.36. The number of aliphatic hydroxyl groups is 3. The largest absolute Gasteiger partial charge is 0.461 e. The first kappa shape index (κ1) is 57.2. The molecule has 2 saturated heterocycles. The number of fused-ring (bicyclic) bond motifs is 3. The van der Waals surface area contributed by atoms with Gasteiger partial charge in [-0.1, -0.05) is 87.4 Å². The number of allylic oxidation sites excluding steroid dienone is 5. The number of methoxy groups -OCH3 is 2. The van der Waals surface area contributed by atoms with Crippen LogP contribution in [0.4, 0.5) is 5.69 Å². The molecule has 2 bridgehead atoms. The fourth-order valence-electron chi connectivity index (χ4n) is 10.8. The molecular weight excluding hydrogens is 914 g/mol. The first-order valence-electron chi connectivity index (χ1n) is 25.6. The second kappa shape index (κ2) is 26.8. The second-order valence-electron chi connectivity index (χ2n) is 20.9. The van der Waals surface area contributed by atoms with Crippen molar-refractivity contribution in [3.05, 3.63) is 76.9 Å². The fourth-order valence-corrected chi connectivity index (χ4v) is 11.0. The minimum atomic E-state index is -2.43. The number of nitrogens with one attached hydrogen (secondary N) is 1. The van der Waals surface area contributed by atoms with E-state index in [1.54, 1.807) is 33.1 Å². The van der Waals surface area contributed by atoms with Crippen LogP contribution < -0.4 is 11.1 Å². The van der Waals surface area contributed by atoms with Gasteiger partial charge in [-0.25, -0.2) is 4.79 Å². The van der Waals surface area contributed by atoms with Crippen LogP contribution in [0.1, 0.15) is 125 Å². The van der Waals surface area contributed by atoms with Crippen LogP contribution in [0, 0.1) is 29.6 Å². The molecule has 0 aromatic heterocycles. The van der Waals surface area contributed by atoms with Gasteiger partial charge in [0, 0.05) is 55.4 Å². The number of cyclic esters (lactones) is 1. The summed E-state index contributed by atoms with van der Waals surface area (Å²) < 4.78 is 24.0. The Morgan fingerprint density at radius 2 is 1.67 bits per heavy atom. The molecule has 4 aliphatic rings. The fraction of sp³-hybridized carbons (Fsp3) is 0.673. The highest BCUT2D eigenvalue weighted by molar-refractivity contribution is 6.39. The summed E-state index contributed by atoms with van der Waals surface area (Å²) >= 11 is 6.38. The van der Waals surface area contributed by atoms with Crippen molar-refractivity contribution in [2.24, 2.45) is 35.3 Å². The lowest BCUT2D eigenvalue weighted by Crippen LogP contribution is -2.61. The summed E-state index contributed by atoms with van der Waals surface area (Å²) in [6.07, 6.45) is 13.7. The molecule has 14 nitrogen and oxygen atoms in total. The van der Waals surface area contributed by atoms with Crippen molar-refractivity contribution in [1.29, 1.82) is 0 Å². The smallest absolute Gasteiger partial charge is 0.329 e. The molecule has 1 aromatic carbocycles. The number of hydrogen-bond donors (Lipinski definition) is 5. The molecule has 70 heavy (non-hydrogen) atoms. The normalized spacial score (nSPS) is 38.2. The Labute approximate surface area is 421 Å². The highest BCUT2D eigenvalue weighted by Gasteiger charge is 2.53. The molecule has 1 saturated carbocycles. The lowest BCUT2D eigenvalue weighted by atomic mass is 9.78. The zero-order chi connectivity index (χ0) is 51.3. The number of ketones is 2. The van der Waals surface area contributed by atoms with Gasteiger partial charge in [0.05, 0.1) is 18.3 Å². The Balaban J connectivity index is 1.48. The number of aliphatic hydroxyl groups excluding tert-OH is 2. The van der Waals surface area contributed by atoms with Crippen molar-refractivity contribution in [2.75, 3.05) is 26.1 Å². The van der Waals surface area contributed by atoms with Crippen LogP contribution in [0.25, 0.3) is 0 Å². The number of esters is 1. The molecule has 1 unspecified atom stereocenters. The molecule has 0 spiro atoms. The minimum absolute atomic E-state index is 0.0251. The molecule has 15 atom stereocenters. The van der Waals surface area contributed by atoms with Crippen LogP contribution in [-0.4, -0.2) is 125 Å². The number of piperidine rings is 1. The van der Waals surface area contributed by atoms with Gasteiger partial charge in [0.2, 0.25) is 5.79 Å². The van der Waals surface area contributed by atoms with Crippen LogP contribution in [0.2, 0.25) is 5.02 Å². The van der Waals surface area contributed by atoms with Gasteiger partial charge in [0.15, 0.2) is 5.78 Å². The molecule has 0 radical (unpaired) electrons. The third kappa shape index (κ3) is 15.4. The van der Waals surface area contributed by atoms with E-state index in [0.29, 0.717) is 81.2 Å². The summed E-state index contributed by atoms with van der Waals surface area (Å²) in [5.74, 6) is -6.46. The maximum atomic E-state index is 14.5. The van der Waals surface area contributed by atoms with Gasteiger partial charge in [0.1, 0.15) is 24.4 Å². The van der Waals surface area contributed by atoms with Crippen LogP contribution in [0.3, 0.4) is 0 Å². The molecule has 390 valence electrons. The van der Waals surface area contributed by atoms with Gasteiger partial charge in [-0.05, 0) is 139 Å². The average Bonchev–Trinajstić information content (AvgIpc) is 3.33. The maximum absolute atomic E-state index is 14.5. The van der Waals surface area contributed by atoms with Crippen molar-refractivity contribution in [3.8, 4) is 0 Å². The van der Waals surface area contributed by atoms with E-state index < -0.39 is 77.9 Å². The molecule has 3 heterocycles. The van der Waals surface area contributed by atoms with E-state index in [-0.39, 0.29) is 48.6 Å². The Morgan fingerprint density at radius 1 is 0.914 bits per heavy atom. The van der Waals surface area contributed by atoms with Gasteiger partial charge in [-0.15, -0.1) is 0 Å². The predicted octanol–water partition coefficient (Wildman–Crippen LogP) is 7.81. The SMILES string of the molecule is CO[C@@H]1CC(C[C@@H](C)[C@@H]2CC[C@H](N)/C=C(\C)[C@@H](O)[C@@H](OC)C(=O)[C@H](C)C[C@H](C)/C=C/C=C/C=C(\C)[C@@H](Nc3cccc(Cl)c3)C[C@@H]3CC[C@@H](C)[C@@](O)(O3)C(=O)C(=O)N3CCCC[C@H]3C(=O)O2)CC[C@H]1O. The quantitative estimate of drug-likeness (QED) is 0.101. The van der Waals surface area contributed by atoms with Gasteiger partial charge < -0.3 is 50.2 Å². The number of halogens is 1. The highest BCUT2D eigenvalue weighted by atomic mass is 35.5. The number of rotatable bonds is 7. The van der Waals surface area contributed by atoms with Gasteiger partial charge in [0.25, 0.3) is 11.7 Å². The van der Waals surface area contributed by atoms with Gasteiger partial charge >= 0.3 is 5.97 Å². The summed E-state index contributed by atoms with van der Waals surface area (Å²) in [5.41, 5.74) is 8.88. The maximum Gasteiger partial charge on any atom is 0.329 e. The molecule has 1 amide bonds. The van der Waals surface area contributed by atoms with Crippen LogP contribution in [0.5, 0.6) is 0 Å². The number of carbonyl (C=O) groups excluding carboxylic acids is 4. The van der Waals surface area contributed by atoms with Gasteiger partial charge in [-0.2, -0.15) is 0 Å². The molecule has 1 aromatic rings. The zero-order valence-corrected chi connectivity index (χ0v) is 43.5. The molecular formula is C55H82ClN3O11. The first-order chi connectivity index (χ1) is 33.3. The molecule has 3 fully saturated rings. The summed E-state index contributed by atoms with van der Waals surface area (Å²) in [6.45, 7) is 11.4. The van der Waals surface area contributed by atoms with Crippen LogP contribution >= 0.6 is 11.6 Å². The summed E-state index contributed by atoms with van der Waals surface area (Å²) in [5, 5.41) is 38.3. The van der Waals surface area contributed by atoms with Crippen LogP contribution in [-0.2, 0) is 38.1 Å². The second-order valence-corrected chi connectivity index (χ2v) is 21.3. The number of nitrogens with two attached hydrogens (primary N) is 1. The van der Waals surface area contributed by atoms with E-state index >= 15 is 0 Å². The van der Waals surface area contributed by atoms with Crippen molar-refractivity contribution >= 4 is 40.7 Å². The number of carbonyl (C=O) groups is 4. The third-order valence-corrected chi connectivity index (χ3v) is 15.5. The Bertz CT molecular complexity index is 2040. The standard InChI is InChI=1S/C55H82ClN3O11/c1-33-15-10-9-11-16-34(2)44(58-42-18-14-17-40(56)31-42)32-43-23-20-38(6)55(66,70-43)52(63)53(64)59-26-13-12-19-45(59)54(65)69-47(35(3)28-39-21-24-46(60)48(30-39)67-7)25-22-41(57)29-37(5)50(62)51(68-8)49(61)36(4)27-33/h9-11,14-18,29,31,33,35-36,38-39,41,43-48,50-51,58,60,62,66H,12-13,19-28,30,32,57H2,1-8H3/b11-9+,15-10+,34-16+,37-29+/t33-,35-,36-,38-,39?,41+,43+,44+,45+,46-,47+,48-,50-,51+,55-/m1/s1. The third-order valence-electron chi connectivity index (χ3n) is 15.3. The lowest BCUT2D eigenvalue weighted by Gasteiger charge is -2.43. The van der Waals surface area contributed by atoms with Crippen molar-refractivity contribution in [3.63, 3.8) is 0 Å². The predicted molar refractivity (Wildman–Crippen MR) is 272 cm³/mol.